The Kier molecular flexibility index (Phi) is 4.27. The molecule has 1 nitrogen and oxygen atoms in total. The maximum absolute atomic E-state index is 13.7. The molecule has 5 heteroatoms. The van der Waals surface area contributed by atoms with E-state index in [4.69, 9.17) is 27.9 Å². The Bertz CT molecular complexity index is 602. The fourth-order valence-electron chi connectivity index (χ4n) is 1.73. The summed E-state index contributed by atoms with van der Waals surface area (Å²) in [6.45, 7) is 0. The molecule has 0 bridgehead atoms. The van der Waals surface area contributed by atoms with E-state index in [1.165, 1.54) is 37.4 Å². The second-order valence-corrected chi connectivity index (χ2v) is 4.80. The molecule has 0 amide bonds. The fraction of sp³-hybridized carbons (Fsp3) is 0.143. The van der Waals surface area contributed by atoms with Crippen LogP contribution in [0.4, 0.5) is 8.78 Å². The number of halogens is 4. The van der Waals surface area contributed by atoms with E-state index in [9.17, 15) is 8.78 Å². The summed E-state index contributed by atoms with van der Waals surface area (Å²) in [5.41, 5.74) is 0.692. The molecule has 19 heavy (non-hydrogen) atoms. The van der Waals surface area contributed by atoms with Crippen molar-refractivity contribution in [2.75, 3.05) is 7.11 Å². The van der Waals surface area contributed by atoms with Crippen molar-refractivity contribution in [3.8, 4) is 5.75 Å². The smallest absolute Gasteiger partial charge is 0.165 e. The first-order valence-electron chi connectivity index (χ1n) is 5.45. The first kappa shape index (κ1) is 14.1. The quantitative estimate of drug-likeness (QED) is 0.729. The summed E-state index contributed by atoms with van der Waals surface area (Å²) in [6, 6.07) is 8.46. The number of hydrogen-bond acceptors (Lipinski definition) is 1. The summed E-state index contributed by atoms with van der Waals surface area (Å²) in [6.07, 6.45) is 0. The van der Waals surface area contributed by atoms with Gasteiger partial charge in [0.15, 0.2) is 11.6 Å². The summed E-state index contributed by atoms with van der Waals surface area (Å²) in [5.74, 6) is -0.951. The minimum atomic E-state index is -0.794. The van der Waals surface area contributed by atoms with Crippen LogP contribution in [0, 0.1) is 11.6 Å². The van der Waals surface area contributed by atoms with Crippen LogP contribution in [0.1, 0.15) is 16.5 Å². The van der Waals surface area contributed by atoms with Gasteiger partial charge >= 0.3 is 0 Å². The molecule has 0 spiro atoms. The lowest BCUT2D eigenvalue weighted by molar-refractivity contribution is 0.386. The summed E-state index contributed by atoms with van der Waals surface area (Å²) in [7, 11) is 1.37. The highest BCUT2D eigenvalue weighted by molar-refractivity contribution is 6.30. The first-order chi connectivity index (χ1) is 9.02. The summed E-state index contributed by atoms with van der Waals surface area (Å²) in [4.78, 5) is 0. The highest BCUT2D eigenvalue weighted by Crippen LogP contribution is 2.33. The molecule has 0 radical (unpaired) electrons. The minimum absolute atomic E-state index is 0.115. The van der Waals surface area contributed by atoms with Gasteiger partial charge in [-0.25, -0.2) is 8.78 Å². The average molecular weight is 303 g/mol. The summed E-state index contributed by atoms with van der Waals surface area (Å²) >= 11 is 11.8. The van der Waals surface area contributed by atoms with Crippen LogP contribution in [-0.2, 0) is 0 Å². The van der Waals surface area contributed by atoms with E-state index < -0.39 is 17.0 Å². The molecule has 0 N–H and O–H groups in total. The molecule has 2 rings (SSSR count). The normalized spacial score (nSPS) is 12.3. The monoisotopic (exact) mass is 302 g/mol. The summed E-state index contributed by atoms with van der Waals surface area (Å²) in [5, 5.41) is -0.510. The molecule has 2 aromatic rings. The van der Waals surface area contributed by atoms with Crippen molar-refractivity contribution >= 4 is 23.2 Å². The Labute approximate surface area is 119 Å². The highest BCUT2D eigenvalue weighted by atomic mass is 35.5. The van der Waals surface area contributed by atoms with Crippen molar-refractivity contribution in [3.63, 3.8) is 0 Å². The largest absolute Gasteiger partial charge is 0.494 e. The predicted octanol–water partition coefficient (Wildman–Crippen LogP) is 4.96. The third-order valence-electron chi connectivity index (χ3n) is 2.70. The van der Waals surface area contributed by atoms with Gasteiger partial charge in [0.05, 0.1) is 12.5 Å². The van der Waals surface area contributed by atoms with Gasteiger partial charge in [-0.1, -0.05) is 23.7 Å². The SMILES string of the molecule is COc1ccc(C(Cl)c2ccc(Cl)cc2F)cc1F. The lowest BCUT2D eigenvalue weighted by atomic mass is 10.0. The van der Waals surface area contributed by atoms with Crippen LogP contribution in [0.25, 0.3) is 0 Å². The van der Waals surface area contributed by atoms with E-state index in [0.717, 1.165) is 0 Å². The standard InChI is InChI=1S/C14H10Cl2F2O/c1-19-13-5-2-8(6-12(13)18)14(16)10-4-3-9(15)7-11(10)17/h2-7,14H,1H3. The lowest BCUT2D eigenvalue weighted by Gasteiger charge is -2.12. The van der Waals surface area contributed by atoms with E-state index in [1.807, 2.05) is 0 Å². The van der Waals surface area contributed by atoms with Crippen molar-refractivity contribution in [1.29, 1.82) is 0 Å². The van der Waals surface area contributed by atoms with Crippen molar-refractivity contribution in [3.05, 3.63) is 64.2 Å². The molecule has 0 heterocycles. The first-order valence-corrected chi connectivity index (χ1v) is 6.27. The zero-order valence-corrected chi connectivity index (χ0v) is 11.5. The van der Waals surface area contributed by atoms with Crippen LogP contribution in [0.3, 0.4) is 0 Å². The second-order valence-electron chi connectivity index (χ2n) is 3.92. The van der Waals surface area contributed by atoms with Gasteiger partial charge in [0.1, 0.15) is 5.82 Å². The molecule has 2 aromatic carbocycles. The highest BCUT2D eigenvalue weighted by Gasteiger charge is 2.17. The molecule has 0 saturated carbocycles. The topological polar surface area (TPSA) is 9.23 Å². The molecular weight excluding hydrogens is 293 g/mol. The number of rotatable bonds is 3. The molecular formula is C14H10Cl2F2O. The van der Waals surface area contributed by atoms with Crippen LogP contribution in [0.5, 0.6) is 5.75 Å². The molecule has 1 atom stereocenters. The number of ether oxygens (including phenoxy) is 1. The molecule has 0 aromatic heterocycles. The van der Waals surface area contributed by atoms with Crippen LogP contribution in [-0.4, -0.2) is 7.11 Å². The maximum Gasteiger partial charge on any atom is 0.165 e. The van der Waals surface area contributed by atoms with E-state index in [-0.39, 0.29) is 16.3 Å². The number of hydrogen-bond donors (Lipinski definition) is 0. The summed E-state index contributed by atoms with van der Waals surface area (Å²) < 4.78 is 32.2. The Balaban J connectivity index is 2.38. The van der Waals surface area contributed by atoms with Crippen molar-refractivity contribution < 1.29 is 13.5 Å². The zero-order valence-electron chi connectivity index (χ0n) is 9.96. The Hall–Kier alpha value is -1.32. The average Bonchev–Trinajstić information content (AvgIpc) is 2.38. The second kappa shape index (κ2) is 5.76. The molecule has 100 valence electrons. The Morgan fingerprint density at radius 2 is 1.79 bits per heavy atom. The van der Waals surface area contributed by atoms with E-state index in [2.05, 4.69) is 0 Å². The molecule has 0 fully saturated rings. The van der Waals surface area contributed by atoms with Crippen molar-refractivity contribution in [1.82, 2.24) is 0 Å². The van der Waals surface area contributed by atoms with Gasteiger partial charge in [0, 0.05) is 10.6 Å². The van der Waals surface area contributed by atoms with Gasteiger partial charge in [0.2, 0.25) is 0 Å². The third-order valence-corrected chi connectivity index (χ3v) is 3.43. The van der Waals surface area contributed by atoms with Gasteiger partial charge in [-0.15, -0.1) is 11.6 Å². The molecule has 1 unspecified atom stereocenters. The Morgan fingerprint density at radius 1 is 1.05 bits per heavy atom. The number of alkyl halides is 1. The van der Waals surface area contributed by atoms with Crippen molar-refractivity contribution in [2.24, 2.45) is 0 Å². The van der Waals surface area contributed by atoms with Gasteiger partial charge in [-0.2, -0.15) is 0 Å². The number of methoxy groups -OCH3 is 1. The van der Waals surface area contributed by atoms with Gasteiger partial charge < -0.3 is 4.74 Å². The van der Waals surface area contributed by atoms with Crippen molar-refractivity contribution in [2.45, 2.75) is 5.38 Å². The van der Waals surface area contributed by atoms with E-state index in [1.54, 1.807) is 6.07 Å². The maximum atomic E-state index is 13.7. The van der Waals surface area contributed by atoms with Crippen LogP contribution >= 0.6 is 23.2 Å². The van der Waals surface area contributed by atoms with Crippen LogP contribution in [0.15, 0.2) is 36.4 Å². The zero-order chi connectivity index (χ0) is 14.0. The van der Waals surface area contributed by atoms with E-state index >= 15 is 0 Å². The molecule has 0 aliphatic heterocycles. The molecule has 0 aliphatic carbocycles. The predicted molar refractivity (Wildman–Crippen MR) is 72.1 cm³/mol. The lowest BCUT2D eigenvalue weighted by Crippen LogP contribution is -1.98. The fourth-order valence-corrected chi connectivity index (χ4v) is 2.20. The minimum Gasteiger partial charge on any atom is -0.494 e. The van der Waals surface area contributed by atoms with Gasteiger partial charge in [-0.3, -0.25) is 0 Å². The number of benzene rings is 2. The van der Waals surface area contributed by atoms with Gasteiger partial charge in [-0.05, 0) is 29.8 Å². The molecule has 0 saturated heterocycles. The molecule has 0 aliphatic rings. The Morgan fingerprint density at radius 3 is 2.37 bits per heavy atom. The third kappa shape index (κ3) is 2.99. The van der Waals surface area contributed by atoms with E-state index in [0.29, 0.717) is 5.56 Å². The van der Waals surface area contributed by atoms with Gasteiger partial charge in [0.25, 0.3) is 0 Å². The van der Waals surface area contributed by atoms with Crippen LogP contribution in [0.2, 0.25) is 5.02 Å². The van der Waals surface area contributed by atoms with Crippen LogP contribution < -0.4 is 4.74 Å².